The predicted octanol–water partition coefficient (Wildman–Crippen LogP) is 1.29. The van der Waals surface area contributed by atoms with Crippen LogP contribution in [0.4, 0.5) is 5.82 Å². The number of carbonyl (C=O) groups excluding carboxylic acids is 4. The summed E-state index contributed by atoms with van der Waals surface area (Å²) >= 11 is 1.24. The summed E-state index contributed by atoms with van der Waals surface area (Å²) in [5, 5.41) is 2.54. The third-order valence-corrected chi connectivity index (χ3v) is 4.81. The Morgan fingerprint density at radius 1 is 0.966 bits per heavy atom. The number of ether oxygens (including phenoxy) is 4. The number of esters is 3. The van der Waals surface area contributed by atoms with Crippen molar-refractivity contribution in [1.82, 2.24) is 4.98 Å². The van der Waals surface area contributed by atoms with Crippen LogP contribution in [0.5, 0.6) is 5.75 Å². The SMILES string of the molecule is CC(=O)Nc1ccc(O[C@@H]2SC[C@@H](OC(C)=O)[C@H](OC(C)=O)[C@H]2OC(C)=O)cn1. The Hall–Kier alpha value is -2.82. The zero-order valence-electron chi connectivity index (χ0n) is 16.4. The highest BCUT2D eigenvalue weighted by Crippen LogP contribution is 2.34. The molecule has 1 aromatic rings. The lowest BCUT2D eigenvalue weighted by Crippen LogP contribution is -2.55. The van der Waals surface area contributed by atoms with E-state index in [1.165, 1.54) is 45.7 Å². The molecule has 1 amide bonds. The molecule has 1 saturated heterocycles. The lowest BCUT2D eigenvalue weighted by atomic mass is 10.1. The molecule has 0 radical (unpaired) electrons. The summed E-state index contributed by atoms with van der Waals surface area (Å²) < 4.78 is 21.8. The van der Waals surface area contributed by atoms with Gasteiger partial charge in [-0.25, -0.2) is 4.98 Å². The van der Waals surface area contributed by atoms with E-state index in [1.807, 2.05) is 0 Å². The average molecular weight is 426 g/mol. The molecule has 0 unspecified atom stereocenters. The fraction of sp³-hybridized carbons (Fsp3) is 0.500. The molecule has 1 aliphatic rings. The van der Waals surface area contributed by atoms with Gasteiger partial charge in [0.2, 0.25) is 5.91 Å². The minimum Gasteiger partial charge on any atom is -0.474 e. The molecular weight excluding hydrogens is 404 g/mol. The first-order valence-corrected chi connectivity index (χ1v) is 9.74. The van der Waals surface area contributed by atoms with Crippen molar-refractivity contribution in [2.45, 2.75) is 51.4 Å². The summed E-state index contributed by atoms with van der Waals surface area (Å²) in [6.45, 7) is 5.02. The number of thioether (sulfide) groups is 1. The second kappa shape index (κ2) is 10.1. The molecule has 0 spiro atoms. The van der Waals surface area contributed by atoms with Crippen LogP contribution >= 0.6 is 11.8 Å². The normalized spacial score (nSPS) is 23.4. The van der Waals surface area contributed by atoms with Gasteiger partial charge in [-0.2, -0.15) is 0 Å². The molecule has 1 N–H and O–H groups in total. The van der Waals surface area contributed by atoms with E-state index < -0.39 is 41.7 Å². The van der Waals surface area contributed by atoms with Crippen LogP contribution in [0.15, 0.2) is 18.3 Å². The van der Waals surface area contributed by atoms with E-state index >= 15 is 0 Å². The summed E-state index contributed by atoms with van der Waals surface area (Å²) in [5.74, 6) is -1.07. The van der Waals surface area contributed by atoms with Gasteiger partial charge in [-0.1, -0.05) is 0 Å². The monoisotopic (exact) mass is 426 g/mol. The molecule has 2 rings (SSSR count). The van der Waals surface area contributed by atoms with E-state index in [4.69, 9.17) is 18.9 Å². The Morgan fingerprint density at radius 3 is 2.10 bits per heavy atom. The number of hydrogen-bond donors (Lipinski definition) is 1. The fourth-order valence-electron chi connectivity index (χ4n) is 2.65. The van der Waals surface area contributed by atoms with E-state index in [9.17, 15) is 19.2 Å². The van der Waals surface area contributed by atoms with Gasteiger partial charge in [0.25, 0.3) is 0 Å². The van der Waals surface area contributed by atoms with Gasteiger partial charge < -0.3 is 24.3 Å². The Labute approximate surface area is 171 Å². The summed E-state index contributed by atoms with van der Waals surface area (Å²) in [6.07, 6.45) is -1.45. The van der Waals surface area contributed by atoms with E-state index in [0.717, 1.165) is 0 Å². The number of nitrogens with one attached hydrogen (secondary N) is 1. The van der Waals surface area contributed by atoms with E-state index in [-0.39, 0.29) is 11.7 Å². The third-order valence-electron chi connectivity index (χ3n) is 3.60. The lowest BCUT2D eigenvalue weighted by molar-refractivity contribution is -0.186. The van der Waals surface area contributed by atoms with Gasteiger partial charge in [0.15, 0.2) is 23.7 Å². The summed E-state index contributed by atoms with van der Waals surface area (Å²) in [7, 11) is 0. The van der Waals surface area contributed by atoms with Crippen molar-refractivity contribution in [2.75, 3.05) is 11.1 Å². The minimum absolute atomic E-state index is 0.260. The Kier molecular flexibility index (Phi) is 7.82. The minimum atomic E-state index is -1.03. The number of aromatic nitrogens is 1. The second-order valence-electron chi connectivity index (χ2n) is 6.18. The van der Waals surface area contributed by atoms with Gasteiger partial charge >= 0.3 is 17.9 Å². The number of carbonyl (C=O) groups is 4. The Balaban J connectivity index is 2.22. The first-order chi connectivity index (χ1) is 13.7. The predicted molar refractivity (Wildman–Crippen MR) is 102 cm³/mol. The molecule has 4 atom stereocenters. The number of hydrogen-bond acceptors (Lipinski definition) is 10. The Morgan fingerprint density at radius 2 is 1.59 bits per heavy atom. The highest BCUT2D eigenvalue weighted by Gasteiger charge is 2.47. The van der Waals surface area contributed by atoms with Crippen molar-refractivity contribution in [3.05, 3.63) is 18.3 Å². The molecule has 2 heterocycles. The molecule has 1 aliphatic heterocycles. The maximum atomic E-state index is 11.6. The molecule has 0 aliphatic carbocycles. The topological polar surface area (TPSA) is 130 Å². The van der Waals surface area contributed by atoms with Crippen LogP contribution in [0.25, 0.3) is 0 Å². The molecule has 29 heavy (non-hydrogen) atoms. The van der Waals surface area contributed by atoms with Crippen molar-refractivity contribution in [3.63, 3.8) is 0 Å². The summed E-state index contributed by atoms with van der Waals surface area (Å²) in [6, 6.07) is 3.14. The van der Waals surface area contributed by atoms with Crippen molar-refractivity contribution in [1.29, 1.82) is 0 Å². The second-order valence-corrected chi connectivity index (χ2v) is 7.31. The van der Waals surface area contributed by atoms with Crippen LogP contribution in [0.1, 0.15) is 27.7 Å². The molecular formula is C18H22N2O8S. The van der Waals surface area contributed by atoms with Crippen LogP contribution < -0.4 is 10.1 Å². The zero-order chi connectivity index (χ0) is 21.6. The smallest absolute Gasteiger partial charge is 0.303 e. The number of anilines is 1. The van der Waals surface area contributed by atoms with E-state index in [2.05, 4.69) is 10.3 Å². The standard InChI is InChI=1S/C18H22N2O8S/c1-9(21)20-15-6-5-13(7-19-15)28-18-17(27-12(4)24)16(26-11(3)23)14(8-29-18)25-10(2)22/h5-7,14,16-18H,8H2,1-4H3,(H,19,20,21)/t14-,16+,17-,18-/m1/s1. The molecule has 0 saturated carbocycles. The van der Waals surface area contributed by atoms with Crippen LogP contribution in [-0.2, 0) is 33.4 Å². The molecule has 0 aromatic carbocycles. The quantitative estimate of drug-likeness (QED) is 0.524. The van der Waals surface area contributed by atoms with Crippen molar-refractivity contribution >= 4 is 41.4 Å². The van der Waals surface area contributed by atoms with Crippen LogP contribution in [-0.4, -0.2) is 58.3 Å². The Bertz CT molecular complexity index is 770. The molecule has 158 valence electrons. The zero-order valence-corrected chi connectivity index (χ0v) is 17.2. The molecule has 1 aromatic heterocycles. The van der Waals surface area contributed by atoms with Gasteiger partial charge in [0, 0.05) is 33.4 Å². The van der Waals surface area contributed by atoms with Crippen LogP contribution in [0.3, 0.4) is 0 Å². The van der Waals surface area contributed by atoms with Crippen LogP contribution in [0.2, 0.25) is 0 Å². The van der Waals surface area contributed by atoms with Gasteiger partial charge in [0.05, 0.1) is 6.20 Å². The highest BCUT2D eigenvalue weighted by molar-refractivity contribution is 7.99. The lowest BCUT2D eigenvalue weighted by Gasteiger charge is -2.39. The number of nitrogens with zero attached hydrogens (tertiary/aromatic N) is 1. The van der Waals surface area contributed by atoms with Crippen molar-refractivity contribution < 1.29 is 38.1 Å². The molecule has 1 fully saturated rings. The first kappa shape index (κ1) is 22.5. The summed E-state index contributed by atoms with van der Waals surface area (Å²) in [5.41, 5.74) is -0.747. The molecule has 11 heteroatoms. The van der Waals surface area contributed by atoms with Crippen molar-refractivity contribution in [2.24, 2.45) is 0 Å². The third kappa shape index (κ3) is 6.93. The van der Waals surface area contributed by atoms with Crippen molar-refractivity contribution in [3.8, 4) is 5.75 Å². The van der Waals surface area contributed by atoms with Gasteiger partial charge in [0.1, 0.15) is 11.6 Å². The van der Waals surface area contributed by atoms with E-state index in [0.29, 0.717) is 11.6 Å². The fourth-order valence-corrected chi connectivity index (χ4v) is 3.86. The highest BCUT2D eigenvalue weighted by atomic mass is 32.2. The largest absolute Gasteiger partial charge is 0.474 e. The maximum absolute atomic E-state index is 11.6. The van der Waals surface area contributed by atoms with Gasteiger partial charge in [-0.05, 0) is 12.1 Å². The molecule has 10 nitrogen and oxygen atoms in total. The van der Waals surface area contributed by atoms with Gasteiger partial charge in [-0.3, -0.25) is 19.2 Å². The summed E-state index contributed by atoms with van der Waals surface area (Å²) in [4.78, 5) is 49.7. The van der Waals surface area contributed by atoms with E-state index in [1.54, 1.807) is 12.1 Å². The average Bonchev–Trinajstić information content (AvgIpc) is 2.60. The maximum Gasteiger partial charge on any atom is 0.303 e. The number of pyridine rings is 1. The number of rotatable bonds is 6. The molecule has 0 bridgehead atoms. The van der Waals surface area contributed by atoms with Crippen LogP contribution in [0, 0.1) is 0 Å². The van der Waals surface area contributed by atoms with Gasteiger partial charge in [-0.15, -0.1) is 11.8 Å². The first-order valence-electron chi connectivity index (χ1n) is 8.69. The number of amides is 1.